The van der Waals surface area contributed by atoms with Crippen LogP contribution < -0.4 is 16.2 Å². The van der Waals surface area contributed by atoms with Crippen molar-refractivity contribution in [3.05, 3.63) is 40.4 Å². The Morgan fingerprint density at radius 2 is 2.33 bits per heavy atom. The number of amides is 1. The smallest absolute Gasteiger partial charge is 0.261 e. The van der Waals surface area contributed by atoms with Crippen LogP contribution in [0, 0.1) is 12.8 Å². The second-order valence-corrected chi connectivity index (χ2v) is 6.48. The van der Waals surface area contributed by atoms with Crippen LogP contribution in [-0.2, 0) is 11.3 Å². The lowest BCUT2D eigenvalue weighted by molar-refractivity contribution is -0.121. The summed E-state index contributed by atoms with van der Waals surface area (Å²) in [5.74, 6) is 0.493. The third-order valence-corrected chi connectivity index (χ3v) is 4.62. The van der Waals surface area contributed by atoms with Gasteiger partial charge in [0.05, 0.1) is 17.2 Å². The molecule has 0 bridgehead atoms. The Morgan fingerprint density at radius 1 is 1.46 bits per heavy atom. The highest BCUT2D eigenvalue weighted by Crippen LogP contribution is 2.11. The molecule has 1 amide bonds. The molecule has 2 heterocycles. The zero-order chi connectivity index (χ0) is 16.9. The van der Waals surface area contributed by atoms with Gasteiger partial charge >= 0.3 is 0 Å². The normalized spacial score (nSPS) is 17.8. The van der Waals surface area contributed by atoms with Gasteiger partial charge in [-0.05, 0) is 50.4 Å². The zero-order valence-electron chi connectivity index (χ0n) is 14.0. The molecule has 1 aliphatic heterocycles. The molecule has 128 valence electrons. The van der Waals surface area contributed by atoms with Gasteiger partial charge in [-0.1, -0.05) is 12.1 Å². The van der Waals surface area contributed by atoms with Crippen molar-refractivity contribution in [3.8, 4) is 0 Å². The first kappa shape index (κ1) is 16.6. The van der Waals surface area contributed by atoms with Crippen molar-refractivity contribution >= 4 is 16.8 Å². The Bertz CT molecular complexity index is 778. The van der Waals surface area contributed by atoms with E-state index in [-0.39, 0.29) is 11.5 Å². The highest BCUT2D eigenvalue weighted by molar-refractivity contribution is 5.80. The molecular weight excluding hydrogens is 304 g/mol. The number of nitrogens with one attached hydrogen (secondary N) is 2. The van der Waals surface area contributed by atoms with E-state index >= 15 is 0 Å². The van der Waals surface area contributed by atoms with Crippen molar-refractivity contribution in [2.75, 3.05) is 19.6 Å². The van der Waals surface area contributed by atoms with Crippen molar-refractivity contribution in [1.29, 1.82) is 0 Å². The number of carbonyl (C=O) groups is 1. The van der Waals surface area contributed by atoms with Crippen LogP contribution in [-0.4, -0.2) is 35.1 Å². The molecule has 0 saturated carbocycles. The SMILES string of the molecule is Cc1cccc2c(=O)n(CCC(=O)NCC3CCCNC3)cnc12. The fourth-order valence-corrected chi connectivity index (χ4v) is 3.16. The van der Waals surface area contributed by atoms with E-state index < -0.39 is 0 Å². The van der Waals surface area contributed by atoms with Crippen LogP contribution in [0.1, 0.15) is 24.8 Å². The lowest BCUT2D eigenvalue weighted by Gasteiger charge is -2.22. The van der Waals surface area contributed by atoms with Crippen LogP contribution in [0.3, 0.4) is 0 Å². The van der Waals surface area contributed by atoms with Crippen LogP contribution in [0.25, 0.3) is 10.9 Å². The summed E-state index contributed by atoms with van der Waals surface area (Å²) in [7, 11) is 0. The lowest BCUT2D eigenvalue weighted by Crippen LogP contribution is -2.38. The Hall–Kier alpha value is -2.21. The number of rotatable bonds is 5. The van der Waals surface area contributed by atoms with Crippen LogP contribution in [0.5, 0.6) is 0 Å². The molecule has 6 nitrogen and oxygen atoms in total. The van der Waals surface area contributed by atoms with Crippen molar-refractivity contribution in [2.45, 2.75) is 32.7 Å². The summed E-state index contributed by atoms with van der Waals surface area (Å²) in [6, 6.07) is 5.58. The number of carbonyl (C=O) groups excluding carboxylic acids is 1. The van der Waals surface area contributed by atoms with E-state index in [4.69, 9.17) is 0 Å². The molecule has 2 aromatic rings. The van der Waals surface area contributed by atoms with E-state index in [1.165, 1.54) is 10.9 Å². The molecule has 24 heavy (non-hydrogen) atoms. The molecule has 0 aliphatic carbocycles. The van der Waals surface area contributed by atoms with E-state index in [1.807, 2.05) is 19.1 Å². The van der Waals surface area contributed by atoms with Crippen molar-refractivity contribution in [3.63, 3.8) is 0 Å². The molecule has 0 radical (unpaired) electrons. The third-order valence-electron chi connectivity index (χ3n) is 4.62. The van der Waals surface area contributed by atoms with E-state index in [2.05, 4.69) is 15.6 Å². The number of benzene rings is 1. The van der Waals surface area contributed by atoms with Crippen LogP contribution >= 0.6 is 0 Å². The first-order valence-corrected chi connectivity index (χ1v) is 8.57. The monoisotopic (exact) mass is 328 g/mol. The van der Waals surface area contributed by atoms with Crippen molar-refractivity contribution < 1.29 is 4.79 Å². The average molecular weight is 328 g/mol. The lowest BCUT2D eigenvalue weighted by atomic mass is 10.00. The van der Waals surface area contributed by atoms with Crippen LogP contribution in [0.4, 0.5) is 0 Å². The van der Waals surface area contributed by atoms with E-state index in [0.29, 0.717) is 30.8 Å². The fraction of sp³-hybridized carbons (Fsp3) is 0.500. The molecule has 1 aromatic heterocycles. The molecule has 1 atom stereocenters. The maximum absolute atomic E-state index is 12.5. The maximum atomic E-state index is 12.5. The van der Waals surface area contributed by atoms with E-state index in [1.54, 1.807) is 6.07 Å². The zero-order valence-corrected chi connectivity index (χ0v) is 14.0. The number of fused-ring (bicyclic) bond motifs is 1. The standard InChI is InChI=1S/C18H24N4O2/c1-13-4-2-6-15-17(13)21-12-22(18(15)24)9-7-16(23)20-11-14-5-3-8-19-10-14/h2,4,6,12,14,19H,3,5,7-11H2,1H3,(H,20,23). The maximum Gasteiger partial charge on any atom is 0.261 e. The summed E-state index contributed by atoms with van der Waals surface area (Å²) in [6.45, 7) is 5.03. The first-order valence-electron chi connectivity index (χ1n) is 8.57. The summed E-state index contributed by atoms with van der Waals surface area (Å²) in [5, 5.41) is 6.92. The topological polar surface area (TPSA) is 76.0 Å². The van der Waals surface area contributed by atoms with Crippen LogP contribution in [0.2, 0.25) is 0 Å². The van der Waals surface area contributed by atoms with Gasteiger partial charge in [-0.25, -0.2) is 4.98 Å². The van der Waals surface area contributed by atoms with Gasteiger partial charge in [0.15, 0.2) is 0 Å². The summed E-state index contributed by atoms with van der Waals surface area (Å²) in [5.41, 5.74) is 1.62. The van der Waals surface area contributed by atoms with Gasteiger partial charge in [-0.15, -0.1) is 0 Å². The minimum atomic E-state index is -0.0898. The molecule has 1 saturated heterocycles. The largest absolute Gasteiger partial charge is 0.356 e. The molecule has 0 spiro atoms. The van der Waals surface area contributed by atoms with Crippen LogP contribution in [0.15, 0.2) is 29.3 Å². The second-order valence-electron chi connectivity index (χ2n) is 6.48. The number of nitrogens with zero attached hydrogens (tertiary/aromatic N) is 2. The number of piperidine rings is 1. The second kappa shape index (κ2) is 7.57. The molecule has 1 aliphatic rings. The summed E-state index contributed by atoms with van der Waals surface area (Å²) in [6.07, 6.45) is 4.15. The number of para-hydroxylation sites is 1. The van der Waals surface area contributed by atoms with Crippen molar-refractivity contribution in [1.82, 2.24) is 20.2 Å². The molecule has 3 rings (SSSR count). The Labute approximate surface area is 141 Å². The molecular formula is C18H24N4O2. The molecule has 2 N–H and O–H groups in total. The Balaban J connectivity index is 1.58. The molecule has 6 heteroatoms. The van der Waals surface area contributed by atoms with Gasteiger partial charge in [0.2, 0.25) is 5.91 Å². The van der Waals surface area contributed by atoms with Gasteiger partial charge in [0.25, 0.3) is 5.56 Å². The quantitative estimate of drug-likeness (QED) is 0.865. The highest BCUT2D eigenvalue weighted by atomic mass is 16.1. The number of hydrogen-bond acceptors (Lipinski definition) is 4. The van der Waals surface area contributed by atoms with Gasteiger partial charge in [0, 0.05) is 19.5 Å². The van der Waals surface area contributed by atoms with E-state index in [9.17, 15) is 9.59 Å². The molecule has 1 unspecified atom stereocenters. The predicted octanol–water partition coefficient (Wildman–Crippen LogP) is 1.21. The average Bonchev–Trinajstić information content (AvgIpc) is 2.61. The highest BCUT2D eigenvalue weighted by Gasteiger charge is 2.14. The van der Waals surface area contributed by atoms with Crippen molar-refractivity contribution in [2.24, 2.45) is 5.92 Å². The number of aryl methyl sites for hydroxylation is 2. The summed E-state index contributed by atoms with van der Waals surface area (Å²) < 4.78 is 1.52. The predicted molar refractivity (Wildman–Crippen MR) is 94.0 cm³/mol. The van der Waals surface area contributed by atoms with E-state index in [0.717, 1.165) is 37.0 Å². The molecule has 1 aromatic carbocycles. The van der Waals surface area contributed by atoms with Gasteiger partial charge in [-0.2, -0.15) is 0 Å². The third kappa shape index (κ3) is 3.82. The fourth-order valence-electron chi connectivity index (χ4n) is 3.16. The van der Waals surface area contributed by atoms with Gasteiger partial charge < -0.3 is 10.6 Å². The molecule has 1 fully saturated rings. The minimum Gasteiger partial charge on any atom is -0.356 e. The van der Waals surface area contributed by atoms with Gasteiger partial charge in [-0.3, -0.25) is 14.2 Å². The minimum absolute atomic E-state index is 0.0168. The number of hydrogen-bond donors (Lipinski definition) is 2. The van der Waals surface area contributed by atoms with Gasteiger partial charge in [0.1, 0.15) is 0 Å². The Morgan fingerprint density at radius 3 is 3.12 bits per heavy atom. The summed E-state index contributed by atoms with van der Waals surface area (Å²) in [4.78, 5) is 28.9. The number of aromatic nitrogens is 2. The summed E-state index contributed by atoms with van der Waals surface area (Å²) >= 11 is 0. The first-order chi connectivity index (χ1) is 11.6. The Kier molecular flexibility index (Phi) is 5.25.